The van der Waals surface area contributed by atoms with E-state index < -0.39 is 23.4 Å². The number of carboxylic acids is 1. The molecular formula is C14H24N2O5. The first-order valence-electron chi connectivity index (χ1n) is 7.26. The molecule has 1 fully saturated rings. The van der Waals surface area contributed by atoms with Crippen molar-refractivity contribution in [3.05, 3.63) is 0 Å². The molecular weight excluding hydrogens is 276 g/mol. The van der Waals surface area contributed by atoms with Crippen LogP contribution in [0.25, 0.3) is 0 Å². The first-order chi connectivity index (χ1) is 9.95. The minimum atomic E-state index is -1.13. The van der Waals surface area contributed by atoms with Gasteiger partial charge in [0.1, 0.15) is 6.04 Å². The molecule has 0 aromatic heterocycles. The van der Waals surface area contributed by atoms with Gasteiger partial charge in [-0.1, -0.05) is 6.92 Å². The van der Waals surface area contributed by atoms with Crippen molar-refractivity contribution >= 4 is 17.8 Å². The van der Waals surface area contributed by atoms with Gasteiger partial charge in [-0.05, 0) is 38.8 Å². The molecule has 3 N–H and O–H groups in total. The third-order valence-electron chi connectivity index (χ3n) is 4.19. The highest BCUT2D eigenvalue weighted by Crippen LogP contribution is 2.32. The molecule has 1 rings (SSSR count). The van der Waals surface area contributed by atoms with Crippen LogP contribution in [0.1, 0.15) is 39.0 Å². The summed E-state index contributed by atoms with van der Waals surface area (Å²) in [5.74, 6) is -1.85. The maximum absolute atomic E-state index is 12.5. The molecule has 7 nitrogen and oxygen atoms in total. The van der Waals surface area contributed by atoms with Gasteiger partial charge >= 0.3 is 11.9 Å². The van der Waals surface area contributed by atoms with Gasteiger partial charge in [0.05, 0.1) is 12.5 Å². The predicted octanol–water partition coefficient (Wildman–Crippen LogP) is 0.289. The molecule has 1 heterocycles. The Morgan fingerprint density at radius 3 is 2.43 bits per heavy atom. The van der Waals surface area contributed by atoms with Crippen molar-refractivity contribution in [2.75, 3.05) is 20.2 Å². The number of ether oxygens (including phenoxy) is 1. The summed E-state index contributed by atoms with van der Waals surface area (Å²) in [6.07, 6.45) is 2.06. The van der Waals surface area contributed by atoms with Gasteiger partial charge in [-0.3, -0.25) is 9.59 Å². The molecule has 0 bridgehead atoms. The highest BCUT2D eigenvalue weighted by atomic mass is 16.5. The summed E-state index contributed by atoms with van der Waals surface area (Å²) in [6.45, 7) is 3.44. The van der Waals surface area contributed by atoms with E-state index >= 15 is 0 Å². The molecule has 1 unspecified atom stereocenters. The number of carbonyl (C=O) groups is 3. The number of hydrogen-bond acceptors (Lipinski definition) is 5. The fourth-order valence-electron chi connectivity index (χ4n) is 2.58. The highest BCUT2D eigenvalue weighted by Gasteiger charge is 2.39. The summed E-state index contributed by atoms with van der Waals surface area (Å²) in [4.78, 5) is 34.8. The number of rotatable bonds is 7. The Bertz CT molecular complexity index is 391. The van der Waals surface area contributed by atoms with E-state index in [4.69, 9.17) is 0 Å². The van der Waals surface area contributed by atoms with Crippen molar-refractivity contribution < 1.29 is 24.2 Å². The number of piperidine rings is 1. The fourth-order valence-corrected chi connectivity index (χ4v) is 2.58. The molecule has 1 atom stereocenters. The van der Waals surface area contributed by atoms with Crippen LogP contribution in [0.2, 0.25) is 0 Å². The first kappa shape index (κ1) is 17.4. The minimum Gasteiger partial charge on any atom is -0.480 e. The van der Waals surface area contributed by atoms with Crippen LogP contribution in [-0.2, 0) is 19.1 Å². The molecule has 120 valence electrons. The molecule has 0 aromatic rings. The maximum Gasteiger partial charge on any atom is 0.326 e. The highest BCUT2D eigenvalue weighted by molar-refractivity contribution is 5.87. The van der Waals surface area contributed by atoms with E-state index in [2.05, 4.69) is 15.4 Å². The molecule has 0 radical (unpaired) electrons. The van der Waals surface area contributed by atoms with E-state index in [9.17, 15) is 19.5 Å². The second-order valence-corrected chi connectivity index (χ2v) is 5.36. The average Bonchev–Trinajstić information content (AvgIpc) is 2.50. The molecule has 1 aliphatic heterocycles. The summed E-state index contributed by atoms with van der Waals surface area (Å²) >= 11 is 0. The van der Waals surface area contributed by atoms with Crippen molar-refractivity contribution in [1.29, 1.82) is 0 Å². The Hall–Kier alpha value is -1.63. The van der Waals surface area contributed by atoms with Crippen LogP contribution >= 0.6 is 0 Å². The smallest absolute Gasteiger partial charge is 0.326 e. The largest absolute Gasteiger partial charge is 0.480 e. The van der Waals surface area contributed by atoms with Gasteiger partial charge in [-0.25, -0.2) is 4.79 Å². The lowest BCUT2D eigenvalue weighted by molar-refractivity contribution is -0.146. The van der Waals surface area contributed by atoms with Crippen molar-refractivity contribution in [1.82, 2.24) is 10.6 Å². The molecule has 0 spiro atoms. The van der Waals surface area contributed by atoms with Gasteiger partial charge in [0.15, 0.2) is 0 Å². The number of esters is 1. The predicted molar refractivity (Wildman–Crippen MR) is 75.6 cm³/mol. The van der Waals surface area contributed by atoms with E-state index in [1.54, 1.807) is 0 Å². The molecule has 0 aliphatic carbocycles. The number of carbonyl (C=O) groups excluding carboxylic acids is 2. The van der Waals surface area contributed by atoms with Gasteiger partial charge in [0, 0.05) is 6.42 Å². The SMILES string of the molecule is CCC1(C(=O)NC(CCC(=O)OC)C(=O)O)CCNCC1. The third-order valence-corrected chi connectivity index (χ3v) is 4.19. The Morgan fingerprint density at radius 1 is 1.33 bits per heavy atom. The van der Waals surface area contributed by atoms with Crippen LogP contribution < -0.4 is 10.6 Å². The summed E-state index contributed by atoms with van der Waals surface area (Å²) in [5, 5.41) is 15.0. The number of methoxy groups -OCH3 is 1. The third kappa shape index (κ3) is 4.70. The number of hydrogen-bond donors (Lipinski definition) is 3. The fraction of sp³-hybridized carbons (Fsp3) is 0.786. The quantitative estimate of drug-likeness (QED) is 0.584. The van der Waals surface area contributed by atoms with Crippen LogP contribution in [0.4, 0.5) is 0 Å². The Labute approximate surface area is 124 Å². The minimum absolute atomic E-state index is 0.0333. The lowest BCUT2D eigenvalue weighted by Crippen LogP contribution is -2.52. The zero-order valence-electron chi connectivity index (χ0n) is 12.6. The van der Waals surface area contributed by atoms with Gasteiger partial charge in [-0.2, -0.15) is 0 Å². The van der Waals surface area contributed by atoms with E-state index in [0.29, 0.717) is 19.3 Å². The van der Waals surface area contributed by atoms with Crippen LogP contribution in [0.3, 0.4) is 0 Å². The maximum atomic E-state index is 12.5. The zero-order chi connectivity index (χ0) is 15.9. The van der Waals surface area contributed by atoms with Crippen molar-refractivity contribution in [3.63, 3.8) is 0 Å². The summed E-state index contributed by atoms with van der Waals surface area (Å²) < 4.78 is 4.49. The molecule has 7 heteroatoms. The van der Waals surface area contributed by atoms with Crippen molar-refractivity contribution in [3.8, 4) is 0 Å². The van der Waals surface area contributed by atoms with Gasteiger partial charge in [0.2, 0.25) is 5.91 Å². The number of nitrogens with one attached hydrogen (secondary N) is 2. The van der Waals surface area contributed by atoms with Crippen LogP contribution in [-0.4, -0.2) is 49.2 Å². The monoisotopic (exact) mass is 300 g/mol. The molecule has 1 amide bonds. The van der Waals surface area contributed by atoms with Crippen LogP contribution in [0.5, 0.6) is 0 Å². The van der Waals surface area contributed by atoms with Crippen molar-refractivity contribution in [2.24, 2.45) is 5.41 Å². The Balaban J connectivity index is 2.66. The number of aliphatic carboxylic acids is 1. The normalized spacial score (nSPS) is 18.6. The van der Waals surface area contributed by atoms with E-state index in [0.717, 1.165) is 13.1 Å². The molecule has 21 heavy (non-hydrogen) atoms. The second-order valence-electron chi connectivity index (χ2n) is 5.36. The second kappa shape index (κ2) is 7.97. The standard InChI is InChI=1S/C14H24N2O5/c1-3-14(6-8-15-9-7-14)13(20)16-10(12(18)19)4-5-11(17)21-2/h10,15H,3-9H2,1-2H3,(H,16,20)(H,18,19). The summed E-state index contributed by atoms with van der Waals surface area (Å²) in [5.41, 5.74) is -0.510. The lowest BCUT2D eigenvalue weighted by Gasteiger charge is -2.36. The van der Waals surface area contributed by atoms with Crippen molar-refractivity contribution in [2.45, 2.75) is 45.1 Å². The molecule has 0 saturated carbocycles. The number of carboxylic acid groups (broad SMARTS) is 1. The lowest BCUT2D eigenvalue weighted by atomic mass is 9.75. The summed E-state index contributed by atoms with van der Waals surface area (Å²) in [7, 11) is 1.25. The summed E-state index contributed by atoms with van der Waals surface area (Å²) in [6, 6.07) is -1.06. The number of amides is 1. The zero-order valence-corrected chi connectivity index (χ0v) is 12.6. The molecule has 1 aliphatic rings. The van der Waals surface area contributed by atoms with Crippen LogP contribution in [0, 0.1) is 5.41 Å². The molecule has 0 aromatic carbocycles. The molecule has 1 saturated heterocycles. The Morgan fingerprint density at radius 2 is 1.95 bits per heavy atom. The van der Waals surface area contributed by atoms with Gasteiger partial charge < -0.3 is 20.5 Å². The first-order valence-corrected chi connectivity index (χ1v) is 7.26. The van der Waals surface area contributed by atoms with Gasteiger partial charge in [0.25, 0.3) is 0 Å². The van der Waals surface area contributed by atoms with E-state index in [1.807, 2.05) is 6.92 Å². The topological polar surface area (TPSA) is 105 Å². The van der Waals surface area contributed by atoms with Gasteiger partial charge in [-0.15, -0.1) is 0 Å². The Kier molecular flexibility index (Phi) is 6.61. The van der Waals surface area contributed by atoms with E-state index in [1.165, 1.54) is 7.11 Å². The van der Waals surface area contributed by atoms with E-state index in [-0.39, 0.29) is 18.7 Å². The average molecular weight is 300 g/mol. The van der Waals surface area contributed by atoms with Crippen LogP contribution in [0.15, 0.2) is 0 Å².